The molecular formula is C20H20N2O4S. The molecule has 27 heavy (non-hydrogen) atoms. The van der Waals surface area contributed by atoms with Gasteiger partial charge in [-0.25, -0.2) is 0 Å². The molecule has 0 saturated heterocycles. The summed E-state index contributed by atoms with van der Waals surface area (Å²) in [6.07, 6.45) is -1.03. The highest BCUT2D eigenvalue weighted by atomic mass is 32.1. The summed E-state index contributed by atoms with van der Waals surface area (Å²) in [5, 5.41) is 11.4. The Kier molecular flexibility index (Phi) is 6.85. The number of amides is 1. The second-order valence-electron chi connectivity index (χ2n) is 6.06. The maximum atomic E-state index is 12.2. The van der Waals surface area contributed by atoms with Gasteiger partial charge in [-0.2, -0.15) is 5.26 Å². The number of esters is 1. The van der Waals surface area contributed by atoms with Gasteiger partial charge in [-0.1, -0.05) is 0 Å². The predicted molar refractivity (Wildman–Crippen MR) is 103 cm³/mol. The number of ether oxygens (including phenoxy) is 1. The number of hydrogen-bond acceptors (Lipinski definition) is 6. The fourth-order valence-corrected chi connectivity index (χ4v) is 3.38. The Labute approximate surface area is 161 Å². The van der Waals surface area contributed by atoms with E-state index in [0.717, 1.165) is 9.75 Å². The second-order valence-corrected chi connectivity index (χ2v) is 7.52. The molecule has 2 rings (SSSR count). The maximum Gasteiger partial charge on any atom is 0.307 e. The highest BCUT2D eigenvalue weighted by molar-refractivity contribution is 7.12. The first kappa shape index (κ1) is 20.3. The Bertz CT molecular complexity index is 894. The van der Waals surface area contributed by atoms with E-state index in [0.29, 0.717) is 16.8 Å². The van der Waals surface area contributed by atoms with Crippen molar-refractivity contribution in [2.45, 2.75) is 39.7 Å². The number of aryl methyl sites for hydroxylation is 2. The summed E-state index contributed by atoms with van der Waals surface area (Å²) < 4.78 is 5.10. The minimum absolute atomic E-state index is 0.0415. The molecule has 0 bridgehead atoms. The van der Waals surface area contributed by atoms with Crippen molar-refractivity contribution in [3.8, 4) is 6.07 Å². The highest BCUT2D eigenvalue weighted by Gasteiger charge is 2.20. The predicted octanol–water partition coefficient (Wildman–Crippen LogP) is 3.77. The third-order valence-electron chi connectivity index (χ3n) is 3.86. The number of Topliss-reactive ketones (excluding diaryl/α,β-unsaturated/α-hetero) is 1. The molecule has 6 nitrogen and oxygen atoms in total. The van der Waals surface area contributed by atoms with Crippen molar-refractivity contribution in [2.24, 2.45) is 0 Å². The lowest BCUT2D eigenvalue weighted by molar-refractivity contribution is -0.153. The van der Waals surface area contributed by atoms with Crippen LogP contribution < -0.4 is 5.32 Å². The summed E-state index contributed by atoms with van der Waals surface area (Å²) >= 11 is 1.54. The number of thiophene rings is 1. The molecule has 1 heterocycles. The van der Waals surface area contributed by atoms with Crippen LogP contribution >= 0.6 is 11.3 Å². The zero-order valence-corrected chi connectivity index (χ0v) is 16.2. The van der Waals surface area contributed by atoms with Crippen LogP contribution in [0, 0.1) is 25.2 Å². The van der Waals surface area contributed by atoms with Gasteiger partial charge in [0.2, 0.25) is 0 Å². The Morgan fingerprint density at radius 3 is 2.41 bits per heavy atom. The highest BCUT2D eigenvalue weighted by Crippen LogP contribution is 2.22. The summed E-state index contributed by atoms with van der Waals surface area (Å²) in [4.78, 5) is 38.2. The van der Waals surface area contributed by atoms with E-state index < -0.39 is 18.0 Å². The minimum Gasteiger partial charge on any atom is -0.453 e. The van der Waals surface area contributed by atoms with Crippen LogP contribution in [0.5, 0.6) is 0 Å². The first-order chi connectivity index (χ1) is 12.8. The maximum absolute atomic E-state index is 12.2. The Hall–Kier alpha value is -2.98. The molecule has 0 aliphatic carbocycles. The van der Waals surface area contributed by atoms with Gasteiger partial charge in [0, 0.05) is 27.4 Å². The van der Waals surface area contributed by atoms with Gasteiger partial charge in [-0.05, 0) is 51.1 Å². The zero-order chi connectivity index (χ0) is 20.0. The van der Waals surface area contributed by atoms with Crippen LogP contribution in [0.2, 0.25) is 0 Å². The molecule has 0 fully saturated rings. The van der Waals surface area contributed by atoms with Gasteiger partial charge < -0.3 is 10.1 Å². The molecule has 0 aliphatic rings. The fraction of sp³-hybridized carbons (Fsp3) is 0.300. The molecular weight excluding hydrogens is 364 g/mol. The lowest BCUT2D eigenvalue weighted by atomic mass is 10.1. The lowest BCUT2D eigenvalue weighted by Crippen LogP contribution is -2.30. The number of nitrogens with one attached hydrogen (secondary N) is 1. The van der Waals surface area contributed by atoms with E-state index in [2.05, 4.69) is 5.32 Å². The summed E-state index contributed by atoms with van der Waals surface area (Å²) in [7, 11) is 0. The molecule has 140 valence electrons. The topological polar surface area (TPSA) is 96.3 Å². The number of benzene rings is 1. The number of carbonyl (C=O) groups excluding carboxylic acids is 3. The number of hydrogen-bond donors (Lipinski definition) is 1. The van der Waals surface area contributed by atoms with Crippen LogP contribution in [-0.2, 0) is 14.3 Å². The molecule has 0 aliphatic heterocycles. The van der Waals surface area contributed by atoms with E-state index in [4.69, 9.17) is 10.00 Å². The third-order valence-corrected chi connectivity index (χ3v) is 4.82. The summed E-state index contributed by atoms with van der Waals surface area (Å²) in [6.45, 7) is 5.26. The van der Waals surface area contributed by atoms with E-state index in [-0.39, 0.29) is 18.6 Å². The van der Waals surface area contributed by atoms with Crippen LogP contribution in [0.4, 0.5) is 5.69 Å². The Balaban J connectivity index is 1.81. The van der Waals surface area contributed by atoms with E-state index >= 15 is 0 Å². The van der Waals surface area contributed by atoms with Crippen LogP contribution in [-0.4, -0.2) is 23.8 Å². The summed E-state index contributed by atoms with van der Waals surface area (Å²) in [6, 6.07) is 10.1. The number of nitrogens with zero attached hydrogens (tertiary/aromatic N) is 1. The molecule has 1 aromatic carbocycles. The number of anilines is 1. The molecule has 1 amide bonds. The van der Waals surface area contributed by atoms with Gasteiger partial charge in [-0.15, -0.1) is 11.3 Å². The van der Waals surface area contributed by atoms with Crippen molar-refractivity contribution in [1.82, 2.24) is 0 Å². The first-order valence-corrected chi connectivity index (χ1v) is 9.22. The molecule has 1 N–H and O–H groups in total. The van der Waals surface area contributed by atoms with E-state index in [9.17, 15) is 14.4 Å². The van der Waals surface area contributed by atoms with Crippen LogP contribution in [0.25, 0.3) is 0 Å². The SMILES string of the molecule is Cc1cc(C(=O)CCC(=O)O[C@H](C)C(=O)Nc2ccc(C#N)cc2)c(C)s1. The van der Waals surface area contributed by atoms with E-state index in [1.165, 1.54) is 6.92 Å². The van der Waals surface area contributed by atoms with Crippen molar-refractivity contribution in [3.05, 3.63) is 51.2 Å². The number of carbonyl (C=O) groups is 3. The Morgan fingerprint density at radius 2 is 1.85 bits per heavy atom. The second kappa shape index (κ2) is 9.10. The first-order valence-electron chi connectivity index (χ1n) is 8.41. The number of nitriles is 1. The molecule has 0 unspecified atom stereocenters. The molecule has 2 aromatic rings. The van der Waals surface area contributed by atoms with Gasteiger partial charge in [-0.3, -0.25) is 14.4 Å². The number of ketones is 1. The Morgan fingerprint density at radius 1 is 1.19 bits per heavy atom. The fourth-order valence-electron chi connectivity index (χ4n) is 2.44. The standard InChI is InChI=1S/C20H20N2O4S/c1-12-10-17(14(3)27-12)18(23)8-9-19(24)26-13(2)20(25)22-16-6-4-15(11-21)5-7-16/h4-7,10,13H,8-9H2,1-3H3,(H,22,25)/t13-/m1/s1. The smallest absolute Gasteiger partial charge is 0.307 e. The zero-order valence-electron chi connectivity index (χ0n) is 15.4. The molecule has 1 atom stereocenters. The normalized spacial score (nSPS) is 11.3. The molecule has 0 spiro atoms. The quantitative estimate of drug-likeness (QED) is 0.579. The van der Waals surface area contributed by atoms with E-state index in [1.54, 1.807) is 35.6 Å². The van der Waals surface area contributed by atoms with Crippen molar-refractivity contribution in [3.63, 3.8) is 0 Å². The lowest BCUT2D eigenvalue weighted by Gasteiger charge is -2.13. The average molecular weight is 384 g/mol. The van der Waals surface area contributed by atoms with Crippen LogP contribution in [0.1, 0.15) is 45.4 Å². The summed E-state index contributed by atoms with van der Waals surface area (Å²) in [5.74, 6) is -1.19. The molecule has 0 saturated carbocycles. The van der Waals surface area contributed by atoms with Crippen molar-refractivity contribution in [2.75, 3.05) is 5.32 Å². The van der Waals surface area contributed by atoms with Gasteiger partial charge in [0.15, 0.2) is 11.9 Å². The largest absolute Gasteiger partial charge is 0.453 e. The van der Waals surface area contributed by atoms with Gasteiger partial charge in [0.1, 0.15) is 0 Å². The third kappa shape index (κ3) is 5.76. The van der Waals surface area contributed by atoms with Gasteiger partial charge in [0.05, 0.1) is 18.1 Å². The van der Waals surface area contributed by atoms with Gasteiger partial charge >= 0.3 is 5.97 Å². The van der Waals surface area contributed by atoms with Crippen molar-refractivity contribution in [1.29, 1.82) is 5.26 Å². The average Bonchev–Trinajstić information content (AvgIpc) is 2.98. The molecule has 0 radical (unpaired) electrons. The van der Waals surface area contributed by atoms with Crippen LogP contribution in [0.3, 0.4) is 0 Å². The summed E-state index contributed by atoms with van der Waals surface area (Å²) in [5.41, 5.74) is 1.62. The monoisotopic (exact) mass is 384 g/mol. The van der Waals surface area contributed by atoms with Crippen LogP contribution in [0.15, 0.2) is 30.3 Å². The van der Waals surface area contributed by atoms with Crippen molar-refractivity contribution >= 4 is 34.7 Å². The molecule has 1 aromatic heterocycles. The number of rotatable bonds is 7. The van der Waals surface area contributed by atoms with E-state index in [1.807, 2.05) is 26.0 Å². The molecule has 7 heteroatoms. The minimum atomic E-state index is -0.992. The van der Waals surface area contributed by atoms with Crippen molar-refractivity contribution < 1.29 is 19.1 Å². The van der Waals surface area contributed by atoms with Gasteiger partial charge in [0.25, 0.3) is 5.91 Å².